The van der Waals surface area contributed by atoms with Gasteiger partial charge in [0.15, 0.2) is 0 Å². The molecule has 0 bridgehead atoms. The summed E-state index contributed by atoms with van der Waals surface area (Å²) in [6, 6.07) is 24.9. The molecule has 0 aliphatic carbocycles. The second-order valence-electron chi connectivity index (χ2n) is 7.23. The van der Waals surface area contributed by atoms with Crippen molar-refractivity contribution in [1.82, 2.24) is 4.57 Å². The summed E-state index contributed by atoms with van der Waals surface area (Å²) in [6.07, 6.45) is 0.701. The highest BCUT2D eigenvalue weighted by molar-refractivity contribution is 5.85. The number of nitrogens with zero attached hydrogens (tertiary/aromatic N) is 2. The Hall–Kier alpha value is -3.44. The Morgan fingerprint density at radius 2 is 1.41 bits per heavy atom. The van der Waals surface area contributed by atoms with E-state index in [0.717, 1.165) is 22.0 Å². The van der Waals surface area contributed by atoms with E-state index in [0.29, 0.717) is 5.56 Å². The summed E-state index contributed by atoms with van der Waals surface area (Å²) in [5, 5.41) is 24.3. The van der Waals surface area contributed by atoms with Crippen molar-refractivity contribution in [3.8, 4) is 0 Å². The average Bonchev–Trinajstić information content (AvgIpc) is 3.09. The van der Waals surface area contributed by atoms with Crippen LogP contribution in [0.1, 0.15) is 28.7 Å². The summed E-state index contributed by atoms with van der Waals surface area (Å²) in [4.78, 5) is 11.9. The number of hydrogen-bond donors (Lipinski definition) is 1. The molecule has 1 heterocycles. The van der Waals surface area contributed by atoms with E-state index in [-0.39, 0.29) is 4.92 Å². The molecule has 5 heteroatoms. The van der Waals surface area contributed by atoms with Crippen LogP contribution in [0.4, 0.5) is 0 Å². The molecule has 0 fully saturated rings. The molecular formula is C24H22N2O3. The third-order valence-corrected chi connectivity index (χ3v) is 5.47. The predicted molar refractivity (Wildman–Crippen MR) is 113 cm³/mol. The van der Waals surface area contributed by atoms with Crippen LogP contribution in [0.3, 0.4) is 0 Å². The van der Waals surface area contributed by atoms with E-state index in [4.69, 9.17) is 0 Å². The number of aromatic nitrogens is 1. The number of benzene rings is 3. The molecule has 1 aromatic heterocycles. The van der Waals surface area contributed by atoms with Crippen molar-refractivity contribution in [2.24, 2.45) is 7.05 Å². The van der Waals surface area contributed by atoms with Crippen molar-refractivity contribution >= 4 is 10.9 Å². The Morgan fingerprint density at radius 1 is 0.862 bits per heavy atom. The first kappa shape index (κ1) is 18.9. The molecule has 4 rings (SSSR count). The van der Waals surface area contributed by atoms with E-state index in [1.165, 1.54) is 0 Å². The van der Waals surface area contributed by atoms with Crippen LogP contribution in [0.25, 0.3) is 10.9 Å². The van der Waals surface area contributed by atoms with E-state index in [9.17, 15) is 15.2 Å². The lowest BCUT2D eigenvalue weighted by Gasteiger charge is -2.25. The lowest BCUT2D eigenvalue weighted by molar-refractivity contribution is -0.538. The van der Waals surface area contributed by atoms with E-state index in [1.54, 1.807) is 24.3 Å². The molecule has 0 spiro atoms. The fourth-order valence-corrected chi connectivity index (χ4v) is 4.11. The summed E-state index contributed by atoms with van der Waals surface area (Å²) in [5.74, 6) is -0.604. The SMILES string of the molecule is Cn1cc([C@@H](c2ccccc2)[C@H]([C@H](O)c2ccccc2)[N+](=O)[O-])c2ccccc21. The molecule has 0 saturated carbocycles. The van der Waals surface area contributed by atoms with Gasteiger partial charge in [0.1, 0.15) is 6.10 Å². The van der Waals surface area contributed by atoms with Gasteiger partial charge in [0, 0.05) is 29.1 Å². The van der Waals surface area contributed by atoms with Gasteiger partial charge in [-0.25, -0.2) is 0 Å². The second kappa shape index (κ2) is 7.89. The molecule has 29 heavy (non-hydrogen) atoms. The quantitative estimate of drug-likeness (QED) is 0.386. The van der Waals surface area contributed by atoms with Crippen molar-refractivity contribution in [3.05, 3.63) is 118 Å². The molecule has 3 atom stereocenters. The standard InChI is InChI=1S/C24H22N2O3/c1-25-16-20(19-14-8-9-15-21(19)25)22(17-10-4-2-5-11-17)23(26(28)29)24(27)18-12-6-3-7-13-18/h2-16,22-24,27H,1H3/t22-,23-,24-/m1/s1. The molecule has 0 aliphatic rings. The number of nitro groups is 1. The third-order valence-electron chi connectivity index (χ3n) is 5.47. The minimum atomic E-state index is -1.24. The Balaban J connectivity index is 1.93. The van der Waals surface area contributed by atoms with Gasteiger partial charge >= 0.3 is 0 Å². The Labute approximate surface area is 169 Å². The molecule has 5 nitrogen and oxygen atoms in total. The van der Waals surface area contributed by atoms with Crippen LogP contribution in [-0.4, -0.2) is 20.6 Å². The molecule has 4 aromatic rings. The van der Waals surface area contributed by atoms with Crippen molar-refractivity contribution in [2.75, 3.05) is 0 Å². The van der Waals surface area contributed by atoms with E-state index in [2.05, 4.69) is 0 Å². The number of fused-ring (bicyclic) bond motifs is 1. The van der Waals surface area contributed by atoms with Gasteiger partial charge in [-0.3, -0.25) is 10.1 Å². The van der Waals surface area contributed by atoms with Gasteiger partial charge in [-0.2, -0.15) is 0 Å². The maximum Gasteiger partial charge on any atom is 0.253 e. The predicted octanol–water partition coefficient (Wildman–Crippen LogP) is 4.69. The zero-order valence-corrected chi connectivity index (χ0v) is 16.1. The topological polar surface area (TPSA) is 68.3 Å². The maximum absolute atomic E-state index is 12.3. The van der Waals surface area contributed by atoms with E-state index >= 15 is 0 Å². The lowest BCUT2D eigenvalue weighted by atomic mass is 9.81. The number of aliphatic hydroxyl groups excluding tert-OH is 1. The number of aryl methyl sites for hydroxylation is 1. The van der Waals surface area contributed by atoms with Crippen molar-refractivity contribution < 1.29 is 10.0 Å². The largest absolute Gasteiger partial charge is 0.381 e. The molecule has 0 saturated heterocycles. The maximum atomic E-state index is 12.3. The third kappa shape index (κ3) is 3.52. The van der Waals surface area contributed by atoms with Crippen LogP contribution in [0.15, 0.2) is 91.1 Å². The number of aliphatic hydroxyl groups is 1. The molecule has 0 radical (unpaired) electrons. The van der Waals surface area contributed by atoms with Crippen LogP contribution >= 0.6 is 0 Å². The van der Waals surface area contributed by atoms with Gasteiger partial charge in [0.25, 0.3) is 6.04 Å². The summed E-state index contributed by atoms with van der Waals surface area (Å²) in [6.45, 7) is 0. The van der Waals surface area contributed by atoms with Crippen LogP contribution < -0.4 is 0 Å². The molecule has 0 aliphatic heterocycles. The Bertz CT molecular complexity index is 1120. The van der Waals surface area contributed by atoms with E-state index < -0.39 is 18.1 Å². The number of hydrogen-bond acceptors (Lipinski definition) is 3. The fraction of sp³-hybridized carbons (Fsp3) is 0.167. The molecular weight excluding hydrogens is 364 g/mol. The van der Waals surface area contributed by atoms with Crippen LogP contribution in [0.2, 0.25) is 0 Å². The average molecular weight is 386 g/mol. The molecule has 1 N–H and O–H groups in total. The Morgan fingerprint density at radius 3 is 2.03 bits per heavy atom. The zero-order chi connectivity index (χ0) is 20.4. The lowest BCUT2D eigenvalue weighted by Crippen LogP contribution is -2.34. The smallest absolute Gasteiger partial charge is 0.253 e. The summed E-state index contributed by atoms with van der Waals surface area (Å²) >= 11 is 0. The van der Waals surface area contributed by atoms with E-state index in [1.807, 2.05) is 78.5 Å². The molecule has 0 unspecified atom stereocenters. The van der Waals surface area contributed by atoms with Crippen molar-refractivity contribution in [1.29, 1.82) is 0 Å². The first-order valence-corrected chi connectivity index (χ1v) is 9.53. The van der Waals surface area contributed by atoms with Gasteiger partial charge < -0.3 is 9.67 Å². The summed E-state index contributed by atoms with van der Waals surface area (Å²) in [5.41, 5.74) is 3.18. The van der Waals surface area contributed by atoms with Crippen molar-refractivity contribution in [2.45, 2.75) is 18.1 Å². The fourth-order valence-electron chi connectivity index (χ4n) is 4.11. The van der Waals surface area contributed by atoms with Gasteiger partial charge in [0.2, 0.25) is 0 Å². The summed E-state index contributed by atoms with van der Waals surface area (Å²) in [7, 11) is 1.93. The van der Waals surface area contributed by atoms with Crippen LogP contribution in [0, 0.1) is 10.1 Å². The van der Waals surface area contributed by atoms with Gasteiger partial charge in [-0.15, -0.1) is 0 Å². The molecule has 146 valence electrons. The number of para-hydroxylation sites is 1. The second-order valence-corrected chi connectivity index (χ2v) is 7.23. The minimum Gasteiger partial charge on any atom is -0.381 e. The highest BCUT2D eigenvalue weighted by Crippen LogP contribution is 2.39. The zero-order valence-electron chi connectivity index (χ0n) is 16.1. The highest BCUT2D eigenvalue weighted by Gasteiger charge is 2.42. The first-order valence-electron chi connectivity index (χ1n) is 9.53. The van der Waals surface area contributed by atoms with Crippen LogP contribution in [-0.2, 0) is 7.05 Å². The first-order chi connectivity index (χ1) is 14.1. The Kier molecular flexibility index (Phi) is 5.14. The highest BCUT2D eigenvalue weighted by atomic mass is 16.6. The molecule has 0 amide bonds. The summed E-state index contributed by atoms with van der Waals surface area (Å²) < 4.78 is 1.98. The van der Waals surface area contributed by atoms with Gasteiger partial charge in [0.05, 0.1) is 5.92 Å². The monoisotopic (exact) mass is 386 g/mol. The normalized spacial score (nSPS) is 14.4. The minimum absolute atomic E-state index is 0.350. The molecule has 3 aromatic carbocycles. The van der Waals surface area contributed by atoms with Crippen LogP contribution in [0.5, 0.6) is 0 Å². The van der Waals surface area contributed by atoms with Gasteiger partial charge in [-0.1, -0.05) is 78.9 Å². The van der Waals surface area contributed by atoms with Gasteiger partial charge in [-0.05, 0) is 22.8 Å². The van der Waals surface area contributed by atoms with Crippen molar-refractivity contribution in [3.63, 3.8) is 0 Å². The number of rotatable bonds is 6.